The number of nitrogens with one attached hydrogen (secondary N) is 1. The number of ether oxygens (including phenoxy) is 1. The second-order valence-electron chi connectivity index (χ2n) is 6.86. The van der Waals surface area contributed by atoms with Crippen LogP contribution >= 0.6 is 11.6 Å². The van der Waals surface area contributed by atoms with Crippen LogP contribution in [-0.2, 0) is 9.59 Å². The molecule has 7 heteroatoms. The van der Waals surface area contributed by atoms with Crippen LogP contribution in [0.5, 0.6) is 5.75 Å². The lowest BCUT2D eigenvalue weighted by Crippen LogP contribution is -2.49. The van der Waals surface area contributed by atoms with Crippen LogP contribution in [0.3, 0.4) is 0 Å². The number of hydrogen-bond acceptors (Lipinski definition) is 4. The van der Waals surface area contributed by atoms with Gasteiger partial charge in [-0.1, -0.05) is 35.9 Å². The summed E-state index contributed by atoms with van der Waals surface area (Å²) in [5.41, 5.74) is 1.19. The van der Waals surface area contributed by atoms with Crippen LogP contribution in [0.15, 0.2) is 54.6 Å². The number of carbonyl (C=O) groups is 2. The number of halogens is 1. The molecular weight excluding hydrogens is 390 g/mol. The first-order valence-corrected chi connectivity index (χ1v) is 10.2. The number of carbonyl (C=O) groups excluding carboxylic acids is 2. The summed E-state index contributed by atoms with van der Waals surface area (Å²) in [6.45, 7) is 3.66. The minimum atomic E-state index is -0.131. The van der Waals surface area contributed by atoms with Gasteiger partial charge in [0.15, 0.2) is 0 Å². The SMILES string of the molecule is O=C(CCOc1cccc(Cl)c1)NCCC(=O)N1CCN(c2ccccc2)CC1. The highest BCUT2D eigenvalue weighted by molar-refractivity contribution is 6.30. The van der Waals surface area contributed by atoms with Crippen LogP contribution in [0.4, 0.5) is 5.69 Å². The second kappa shape index (κ2) is 10.7. The molecule has 29 heavy (non-hydrogen) atoms. The van der Waals surface area contributed by atoms with Crippen molar-refractivity contribution in [3.8, 4) is 5.75 Å². The molecule has 1 aliphatic rings. The number of para-hydroxylation sites is 1. The summed E-state index contributed by atoms with van der Waals surface area (Å²) in [6, 6.07) is 17.3. The van der Waals surface area contributed by atoms with Gasteiger partial charge in [0, 0.05) is 49.9 Å². The number of anilines is 1. The van der Waals surface area contributed by atoms with Crippen LogP contribution in [0.2, 0.25) is 5.02 Å². The molecule has 1 heterocycles. The van der Waals surface area contributed by atoms with Gasteiger partial charge in [-0.2, -0.15) is 0 Å². The third-order valence-electron chi connectivity index (χ3n) is 4.81. The van der Waals surface area contributed by atoms with Gasteiger partial charge in [-0.05, 0) is 30.3 Å². The van der Waals surface area contributed by atoms with Gasteiger partial charge in [0.1, 0.15) is 5.75 Å². The third-order valence-corrected chi connectivity index (χ3v) is 5.04. The molecule has 1 fully saturated rings. The zero-order valence-corrected chi connectivity index (χ0v) is 17.1. The van der Waals surface area contributed by atoms with E-state index in [1.807, 2.05) is 23.1 Å². The van der Waals surface area contributed by atoms with Crippen molar-refractivity contribution >= 4 is 29.1 Å². The Kier molecular flexibility index (Phi) is 7.76. The van der Waals surface area contributed by atoms with Gasteiger partial charge in [-0.15, -0.1) is 0 Å². The van der Waals surface area contributed by atoms with E-state index in [0.717, 1.165) is 13.1 Å². The number of nitrogens with zero attached hydrogens (tertiary/aromatic N) is 2. The molecule has 154 valence electrons. The topological polar surface area (TPSA) is 61.9 Å². The molecule has 3 rings (SSSR count). The van der Waals surface area contributed by atoms with Gasteiger partial charge >= 0.3 is 0 Å². The maximum absolute atomic E-state index is 12.4. The minimum absolute atomic E-state index is 0.0770. The summed E-state index contributed by atoms with van der Waals surface area (Å²) >= 11 is 5.89. The molecule has 1 saturated heterocycles. The van der Waals surface area contributed by atoms with Crippen LogP contribution in [0, 0.1) is 0 Å². The van der Waals surface area contributed by atoms with Crippen molar-refractivity contribution in [2.24, 2.45) is 0 Å². The molecule has 2 aromatic carbocycles. The van der Waals surface area contributed by atoms with Crippen molar-refractivity contribution in [2.45, 2.75) is 12.8 Å². The second-order valence-corrected chi connectivity index (χ2v) is 7.30. The van der Waals surface area contributed by atoms with Crippen molar-refractivity contribution in [1.29, 1.82) is 0 Å². The normalized spacial score (nSPS) is 13.8. The number of piperazine rings is 1. The van der Waals surface area contributed by atoms with E-state index in [4.69, 9.17) is 16.3 Å². The van der Waals surface area contributed by atoms with E-state index in [9.17, 15) is 9.59 Å². The predicted molar refractivity (Wildman–Crippen MR) is 114 cm³/mol. The smallest absolute Gasteiger partial charge is 0.224 e. The summed E-state index contributed by atoms with van der Waals surface area (Å²) in [6.07, 6.45) is 0.544. The molecule has 0 aliphatic carbocycles. The summed E-state index contributed by atoms with van der Waals surface area (Å²) in [5, 5.41) is 3.37. The quantitative estimate of drug-likeness (QED) is 0.720. The van der Waals surface area contributed by atoms with E-state index in [1.54, 1.807) is 24.3 Å². The Morgan fingerprint density at radius 3 is 2.45 bits per heavy atom. The van der Waals surface area contributed by atoms with E-state index in [0.29, 0.717) is 36.8 Å². The minimum Gasteiger partial charge on any atom is -0.493 e. The van der Waals surface area contributed by atoms with Crippen LogP contribution in [-0.4, -0.2) is 56.0 Å². The Labute approximate surface area is 176 Å². The zero-order chi connectivity index (χ0) is 20.5. The molecule has 2 aromatic rings. The van der Waals surface area contributed by atoms with Crippen molar-refractivity contribution in [3.63, 3.8) is 0 Å². The molecule has 1 N–H and O–H groups in total. The van der Waals surface area contributed by atoms with E-state index in [-0.39, 0.29) is 24.8 Å². The number of benzene rings is 2. The molecule has 0 aromatic heterocycles. The number of hydrogen-bond donors (Lipinski definition) is 1. The summed E-state index contributed by atoms with van der Waals surface area (Å²) in [4.78, 5) is 28.4. The molecule has 2 amide bonds. The predicted octanol–water partition coefficient (Wildman–Crippen LogP) is 2.96. The molecule has 0 atom stereocenters. The molecule has 0 unspecified atom stereocenters. The lowest BCUT2D eigenvalue weighted by atomic mass is 10.2. The highest BCUT2D eigenvalue weighted by atomic mass is 35.5. The van der Waals surface area contributed by atoms with E-state index >= 15 is 0 Å². The van der Waals surface area contributed by atoms with Crippen LogP contribution in [0.25, 0.3) is 0 Å². The molecule has 6 nitrogen and oxygen atoms in total. The average Bonchev–Trinajstić information content (AvgIpc) is 2.74. The van der Waals surface area contributed by atoms with E-state index in [1.165, 1.54) is 5.69 Å². The fourth-order valence-electron chi connectivity index (χ4n) is 3.23. The Morgan fingerprint density at radius 2 is 1.72 bits per heavy atom. The van der Waals surface area contributed by atoms with Crippen molar-refractivity contribution in [2.75, 3.05) is 44.2 Å². The molecule has 0 saturated carbocycles. The Morgan fingerprint density at radius 1 is 0.966 bits per heavy atom. The molecule has 0 radical (unpaired) electrons. The first kappa shape index (κ1) is 21.0. The monoisotopic (exact) mass is 415 g/mol. The van der Waals surface area contributed by atoms with E-state index in [2.05, 4.69) is 22.3 Å². The van der Waals surface area contributed by atoms with Crippen LogP contribution < -0.4 is 15.0 Å². The maximum atomic E-state index is 12.4. The third kappa shape index (κ3) is 6.68. The fraction of sp³-hybridized carbons (Fsp3) is 0.364. The van der Waals surface area contributed by atoms with Crippen molar-refractivity contribution in [1.82, 2.24) is 10.2 Å². The Balaban J connectivity index is 1.29. The molecular formula is C22H26ClN3O3. The fourth-order valence-corrected chi connectivity index (χ4v) is 3.41. The number of rotatable bonds is 8. The van der Waals surface area contributed by atoms with Gasteiger partial charge in [-0.25, -0.2) is 0 Å². The Bertz CT molecular complexity index is 808. The first-order valence-electron chi connectivity index (χ1n) is 9.84. The molecule has 0 spiro atoms. The maximum Gasteiger partial charge on any atom is 0.224 e. The molecule has 1 aliphatic heterocycles. The molecule has 0 bridgehead atoms. The lowest BCUT2D eigenvalue weighted by molar-refractivity contribution is -0.131. The Hall–Kier alpha value is -2.73. The van der Waals surface area contributed by atoms with Gasteiger partial charge in [0.2, 0.25) is 11.8 Å². The van der Waals surface area contributed by atoms with Gasteiger partial charge in [-0.3, -0.25) is 9.59 Å². The van der Waals surface area contributed by atoms with Gasteiger partial charge < -0.3 is 19.9 Å². The largest absolute Gasteiger partial charge is 0.493 e. The average molecular weight is 416 g/mol. The summed E-state index contributed by atoms with van der Waals surface area (Å²) in [5.74, 6) is 0.581. The summed E-state index contributed by atoms with van der Waals surface area (Å²) < 4.78 is 5.50. The summed E-state index contributed by atoms with van der Waals surface area (Å²) in [7, 11) is 0. The highest BCUT2D eigenvalue weighted by Crippen LogP contribution is 2.17. The van der Waals surface area contributed by atoms with Crippen molar-refractivity contribution in [3.05, 3.63) is 59.6 Å². The van der Waals surface area contributed by atoms with Gasteiger partial charge in [0.05, 0.1) is 13.0 Å². The van der Waals surface area contributed by atoms with Crippen molar-refractivity contribution < 1.29 is 14.3 Å². The lowest BCUT2D eigenvalue weighted by Gasteiger charge is -2.36. The zero-order valence-electron chi connectivity index (χ0n) is 16.4. The van der Waals surface area contributed by atoms with E-state index < -0.39 is 0 Å². The first-order chi connectivity index (χ1) is 14.1. The highest BCUT2D eigenvalue weighted by Gasteiger charge is 2.20. The van der Waals surface area contributed by atoms with Crippen LogP contribution in [0.1, 0.15) is 12.8 Å². The van der Waals surface area contributed by atoms with Gasteiger partial charge in [0.25, 0.3) is 0 Å². The number of amides is 2. The standard InChI is InChI=1S/C22H26ClN3O3/c23-18-5-4-8-20(17-18)29-16-10-21(27)24-11-9-22(28)26-14-12-25(13-15-26)19-6-2-1-3-7-19/h1-8,17H,9-16H2,(H,24,27).